The maximum atomic E-state index is 11.6. The summed E-state index contributed by atoms with van der Waals surface area (Å²) in [4.78, 5) is 9.50. The molecule has 0 saturated carbocycles. The fourth-order valence-electron chi connectivity index (χ4n) is 1.39. The molecule has 1 saturated heterocycles. The summed E-state index contributed by atoms with van der Waals surface area (Å²) in [5.41, 5.74) is -0.608. The standard InChI is InChI=1S/C8H19N2O3P/c1-8(2,3)13-14(11,12)10-7-4-5-9-6-7/h7,9H,4-6H2,1-3H3,(H2,10,11,12). The van der Waals surface area contributed by atoms with Crippen LogP contribution in [0.1, 0.15) is 27.2 Å². The molecule has 3 N–H and O–H groups in total. The van der Waals surface area contributed by atoms with Crippen molar-refractivity contribution in [2.75, 3.05) is 13.1 Å². The number of rotatable bonds is 3. The van der Waals surface area contributed by atoms with Crippen LogP contribution in [-0.4, -0.2) is 29.6 Å². The van der Waals surface area contributed by atoms with E-state index in [0.717, 1.165) is 19.5 Å². The van der Waals surface area contributed by atoms with Gasteiger partial charge in [0.1, 0.15) is 0 Å². The number of hydrogen-bond donors (Lipinski definition) is 3. The molecule has 5 nitrogen and oxygen atoms in total. The van der Waals surface area contributed by atoms with Crippen LogP contribution in [0.3, 0.4) is 0 Å². The van der Waals surface area contributed by atoms with Crippen molar-refractivity contribution in [1.82, 2.24) is 10.4 Å². The Morgan fingerprint density at radius 1 is 1.57 bits per heavy atom. The molecular weight excluding hydrogens is 203 g/mol. The van der Waals surface area contributed by atoms with Gasteiger partial charge in [-0.25, -0.2) is 9.65 Å². The molecule has 0 amide bonds. The lowest BCUT2D eigenvalue weighted by Gasteiger charge is -2.25. The molecule has 0 spiro atoms. The smallest absolute Gasteiger partial charge is 0.315 e. The summed E-state index contributed by atoms with van der Waals surface area (Å²) in [6, 6.07) is 0.0354. The summed E-state index contributed by atoms with van der Waals surface area (Å²) in [5.74, 6) is 0. The first kappa shape index (κ1) is 12.1. The van der Waals surface area contributed by atoms with Crippen LogP contribution in [0.5, 0.6) is 0 Å². The van der Waals surface area contributed by atoms with Gasteiger partial charge in [-0.05, 0) is 33.7 Å². The van der Waals surface area contributed by atoms with Crippen molar-refractivity contribution in [3.63, 3.8) is 0 Å². The van der Waals surface area contributed by atoms with Gasteiger partial charge in [0.05, 0.1) is 5.60 Å². The molecule has 1 aliphatic heterocycles. The van der Waals surface area contributed by atoms with Gasteiger partial charge in [-0.15, -0.1) is 0 Å². The van der Waals surface area contributed by atoms with Crippen LogP contribution in [0.2, 0.25) is 0 Å². The third-order valence-electron chi connectivity index (χ3n) is 1.80. The largest absolute Gasteiger partial charge is 0.403 e. The van der Waals surface area contributed by atoms with Crippen molar-refractivity contribution in [2.45, 2.75) is 38.8 Å². The molecular formula is C8H19N2O3P. The summed E-state index contributed by atoms with van der Waals surface area (Å²) in [6.07, 6.45) is 0.859. The highest BCUT2D eigenvalue weighted by Gasteiger charge is 2.30. The van der Waals surface area contributed by atoms with E-state index in [1.54, 1.807) is 20.8 Å². The highest BCUT2D eigenvalue weighted by atomic mass is 31.2. The molecule has 1 heterocycles. The molecule has 2 atom stereocenters. The van der Waals surface area contributed by atoms with Gasteiger partial charge in [-0.3, -0.25) is 4.52 Å². The van der Waals surface area contributed by atoms with Crippen LogP contribution in [0, 0.1) is 0 Å². The first-order valence-electron chi connectivity index (χ1n) is 4.81. The third-order valence-corrected chi connectivity index (χ3v) is 3.29. The Morgan fingerprint density at radius 2 is 2.21 bits per heavy atom. The van der Waals surface area contributed by atoms with Crippen molar-refractivity contribution < 1.29 is 14.0 Å². The summed E-state index contributed by atoms with van der Waals surface area (Å²) in [6.45, 7) is 6.87. The lowest BCUT2D eigenvalue weighted by molar-refractivity contribution is 0.105. The number of nitrogens with one attached hydrogen (secondary N) is 2. The van der Waals surface area contributed by atoms with E-state index < -0.39 is 13.3 Å². The molecule has 0 aromatic carbocycles. The Morgan fingerprint density at radius 3 is 2.64 bits per heavy atom. The lowest BCUT2D eigenvalue weighted by atomic mass is 10.2. The maximum Gasteiger partial charge on any atom is 0.403 e. The third kappa shape index (κ3) is 4.53. The highest BCUT2D eigenvalue weighted by Crippen LogP contribution is 2.42. The monoisotopic (exact) mass is 222 g/mol. The van der Waals surface area contributed by atoms with Gasteiger partial charge in [0.2, 0.25) is 0 Å². The predicted molar refractivity (Wildman–Crippen MR) is 55.1 cm³/mol. The van der Waals surface area contributed by atoms with Gasteiger partial charge in [0.15, 0.2) is 0 Å². The molecule has 2 unspecified atom stereocenters. The Balaban J connectivity index is 2.44. The van der Waals surface area contributed by atoms with E-state index in [1.807, 2.05) is 0 Å². The minimum atomic E-state index is -3.65. The first-order chi connectivity index (χ1) is 6.29. The second-order valence-corrected chi connectivity index (χ2v) is 6.02. The van der Waals surface area contributed by atoms with E-state index in [4.69, 9.17) is 4.52 Å². The van der Waals surface area contributed by atoms with Gasteiger partial charge >= 0.3 is 7.75 Å². The first-order valence-corrected chi connectivity index (χ1v) is 6.38. The Bertz CT molecular complexity index is 233. The van der Waals surface area contributed by atoms with Crippen LogP contribution in [0.4, 0.5) is 0 Å². The molecule has 0 aliphatic carbocycles. The van der Waals surface area contributed by atoms with Crippen LogP contribution in [-0.2, 0) is 9.09 Å². The molecule has 0 radical (unpaired) electrons. The van der Waals surface area contributed by atoms with Crippen LogP contribution < -0.4 is 10.4 Å². The zero-order valence-electron chi connectivity index (χ0n) is 8.91. The SMILES string of the molecule is CC(C)(C)OP(=O)(O)NC1CCNC1. The lowest BCUT2D eigenvalue weighted by Crippen LogP contribution is -2.31. The number of hydrogen-bond acceptors (Lipinski definition) is 3. The molecule has 84 valence electrons. The molecule has 1 rings (SSSR count). The Hall–Kier alpha value is 0.0700. The highest BCUT2D eigenvalue weighted by molar-refractivity contribution is 7.50. The Kier molecular flexibility index (Phi) is 3.72. The van der Waals surface area contributed by atoms with Crippen LogP contribution >= 0.6 is 7.75 Å². The molecule has 0 aromatic rings. The minimum absolute atomic E-state index is 0.0354. The van der Waals surface area contributed by atoms with E-state index in [2.05, 4.69) is 10.4 Å². The normalized spacial score (nSPS) is 27.6. The average Bonchev–Trinajstić information content (AvgIpc) is 2.31. The van der Waals surface area contributed by atoms with E-state index in [-0.39, 0.29) is 6.04 Å². The van der Waals surface area contributed by atoms with Crippen molar-refractivity contribution in [2.24, 2.45) is 0 Å². The second-order valence-electron chi connectivity index (χ2n) is 4.54. The maximum absolute atomic E-state index is 11.6. The fourth-order valence-corrected chi connectivity index (χ4v) is 2.87. The predicted octanol–water partition coefficient (Wildman–Crippen LogP) is 0.853. The van der Waals surface area contributed by atoms with E-state index >= 15 is 0 Å². The van der Waals surface area contributed by atoms with E-state index in [9.17, 15) is 9.46 Å². The zero-order chi connectivity index (χ0) is 10.8. The van der Waals surface area contributed by atoms with E-state index in [0.29, 0.717) is 0 Å². The quantitative estimate of drug-likeness (QED) is 0.618. The summed E-state index contributed by atoms with van der Waals surface area (Å²) < 4.78 is 16.6. The van der Waals surface area contributed by atoms with Crippen LogP contribution in [0.15, 0.2) is 0 Å². The van der Waals surface area contributed by atoms with Crippen molar-refractivity contribution in [1.29, 1.82) is 0 Å². The average molecular weight is 222 g/mol. The molecule has 0 aromatic heterocycles. The van der Waals surface area contributed by atoms with Gasteiger partial charge in [0, 0.05) is 12.6 Å². The van der Waals surface area contributed by atoms with Gasteiger partial charge < -0.3 is 10.2 Å². The van der Waals surface area contributed by atoms with E-state index in [1.165, 1.54) is 0 Å². The molecule has 1 fully saturated rings. The van der Waals surface area contributed by atoms with Crippen molar-refractivity contribution >= 4 is 7.75 Å². The summed E-state index contributed by atoms with van der Waals surface area (Å²) in [7, 11) is -3.65. The second kappa shape index (κ2) is 4.29. The minimum Gasteiger partial charge on any atom is -0.315 e. The van der Waals surface area contributed by atoms with Crippen molar-refractivity contribution in [3.05, 3.63) is 0 Å². The van der Waals surface area contributed by atoms with Gasteiger partial charge in [0.25, 0.3) is 0 Å². The molecule has 6 heteroatoms. The molecule has 0 bridgehead atoms. The zero-order valence-corrected chi connectivity index (χ0v) is 9.80. The molecule has 14 heavy (non-hydrogen) atoms. The van der Waals surface area contributed by atoms with Crippen LogP contribution in [0.25, 0.3) is 0 Å². The van der Waals surface area contributed by atoms with Gasteiger partial charge in [-0.1, -0.05) is 0 Å². The fraction of sp³-hybridized carbons (Fsp3) is 1.00. The summed E-state index contributed by atoms with van der Waals surface area (Å²) >= 11 is 0. The van der Waals surface area contributed by atoms with Gasteiger partial charge in [-0.2, -0.15) is 0 Å². The van der Waals surface area contributed by atoms with Crippen molar-refractivity contribution in [3.8, 4) is 0 Å². The topological polar surface area (TPSA) is 70.6 Å². The Labute approximate surface area is 84.8 Å². The molecule has 1 aliphatic rings. The summed E-state index contributed by atoms with van der Waals surface area (Å²) in [5, 5.41) is 5.75.